The van der Waals surface area contributed by atoms with Gasteiger partial charge in [-0.05, 0) is 55.8 Å². The van der Waals surface area contributed by atoms with Gasteiger partial charge >= 0.3 is 0 Å². The molecule has 0 bridgehead atoms. The van der Waals surface area contributed by atoms with Crippen LogP contribution in [0.25, 0.3) is 0 Å². The first kappa shape index (κ1) is 20.3. The molecule has 0 spiro atoms. The summed E-state index contributed by atoms with van der Waals surface area (Å²) in [6, 6.07) is 3.25. The van der Waals surface area contributed by atoms with E-state index < -0.39 is 0 Å². The number of hydrogen-bond acceptors (Lipinski definition) is 4. The number of halogens is 1. The Hall–Kier alpha value is -1.76. The zero-order valence-electron chi connectivity index (χ0n) is 15.0. The molecule has 0 saturated heterocycles. The lowest BCUT2D eigenvalue weighted by Gasteiger charge is -2.25. The molecule has 7 heteroatoms. The van der Waals surface area contributed by atoms with Crippen LogP contribution in [0.4, 0.5) is 0 Å². The molecule has 0 aliphatic carbocycles. The van der Waals surface area contributed by atoms with Crippen LogP contribution in [0.1, 0.15) is 38.1 Å². The van der Waals surface area contributed by atoms with Crippen LogP contribution in [0.3, 0.4) is 0 Å². The maximum atomic E-state index is 12.7. The Balaban J connectivity index is 3.03. The molecule has 2 amide bonds. The predicted molar refractivity (Wildman–Crippen MR) is 96.7 cm³/mol. The van der Waals surface area contributed by atoms with Crippen LogP contribution in [0, 0.1) is 0 Å². The Morgan fingerprint density at radius 1 is 1.17 bits per heavy atom. The maximum Gasteiger partial charge on any atom is 0.254 e. The minimum absolute atomic E-state index is 0.00665. The van der Waals surface area contributed by atoms with E-state index in [9.17, 15) is 9.59 Å². The molecule has 0 aliphatic rings. The number of carbonyl (C=O) groups excluding carboxylic acids is 2. The Labute approximate surface area is 151 Å². The van der Waals surface area contributed by atoms with Crippen LogP contribution in [0.2, 0.25) is 0 Å². The second-order valence-corrected chi connectivity index (χ2v) is 7.11. The summed E-state index contributed by atoms with van der Waals surface area (Å²) in [5.74, 6) is 0.528. The Morgan fingerprint density at radius 3 is 2.04 bits per heavy atom. The summed E-state index contributed by atoms with van der Waals surface area (Å²) in [6.07, 6.45) is 0. The van der Waals surface area contributed by atoms with E-state index in [1.807, 2.05) is 27.7 Å². The molecule has 134 valence electrons. The third-order valence-electron chi connectivity index (χ3n) is 3.21. The van der Waals surface area contributed by atoms with E-state index in [1.54, 1.807) is 12.1 Å². The number of likely N-dealkylation sites (N-methyl/N-ethyl adjacent to an activating group) is 1. The van der Waals surface area contributed by atoms with E-state index in [4.69, 9.17) is 9.47 Å². The van der Waals surface area contributed by atoms with Crippen molar-refractivity contribution in [2.45, 2.75) is 33.2 Å². The van der Waals surface area contributed by atoms with Gasteiger partial charge in [-0.2, -0.15) is 0 Å². The van der Waals surface area contributed by atoms with Crippen molar-refractivity contribution in [1.29, 1.82) is 0 Å². The first-order chi connectivity index (χ1) is 11.1. The maximum absolute atomic E-state index is 12.7. The molecule has 1 rings (SSSR count). The molecule has 0 saturated carbocycles. The summed E-state index contributed by atoms with van der Waals surface area (Å²) in [5, 5.41) is 2.85. The van der Waals surface area contributed by atoms with E-state index in [-0.39, 0.29) is 23.9 Å². The van der Waals surface area contributed by atoms with Crippen molar-refractivity contribution in [3.05, 3.63) is 22.2 Å². The van der Waals surface area contributed by atoms with E-state index in [2.05, 4.69) is 21.2 Å². The summed E-state index contributed by atoms with van der Waals surface area (Å²) < 4.78 is 11.2. The highest BCUT2D eigenvalue weighted by Gasteiger charge is 2.22. The monoisotopic (exact) mass is 400 g/mol. The Kier molecular flexibility index (Phi) is 7.08. The second kappa shape index (κ2) is 8.37. The SMILES string of the molecule is CCN(CC(=O)NC(C)(C)C)C(=O)c1cc(OC)c(Br)c(OC)c1. The third kappa shape index (κ3) is 5.40. The van der Waals surface area contributed by atoms with Crippen LogP contribution in [0.15, 0.2) is 16.6 Å². The summed E-state index contributed by atoms with van der Waals surface area (Å²) in [4.78, 5) is 26.3. The average Bonchev–Trinajstić information content (AvgIpc) is 2.50. The molecular formula is C17H25BrN2O4. The molecule has 0 atom stereocenters. The smallest absolute Gasteiger partial charge is 0.254 e. The van der Waals surface area contributed by atoms with Crippen LogP contribution in [-0.4, -0.2) is 49.6 Å². The van der Waals surface area contributed by atoms with Crippen molar-refractivity contribution >= 4 is 27.7 Å². The first-order valence-electron chi connectivity index (χ1n) is 7.64. The normalized spacial score (nSPS) is 11.0. The van der Waals surface area contributed by atoms with Crippen molar-refractivity contribution < 1.29 is 19.1 Å². The zero-order valence-corrected chi connectivity index (χ0v) is 16.6. The number of hydrogen-bond donors (Lipinski definition) is 1. The fraction of sp³-hybridized carbons (Fsp3) is 0.529. The van der Waals surface area contributed by atoms with Crippen molar-refractivity contribution in [2.24, 2.45) is 0 Å². The number of nitrogens with one attached hydrogen (secondary N) is 1. The van der Waals surface area contributed by atoms with Gasteiger partial charge in [0, 0.05) is 17.6 Å². The third-order valence-corrected chi connectivity index (χ3v) is 3.99. The highest BCUT2D eigenvalue weighted by atomic mass is 79.9. The van der Waals surface area contributed by atoms with Crippen LogP contribution >= 0.6 is 15.9 Å². The lowest BCUT2D eigenvalue weighted by Crippen LogP contribution is -2.47. The zero-order chi connectivity index (χ0) is 18.5. The van der Waals surface area contributed by atoms with Gasteiger partial charge in [0.15, 0.2) is 0 Å². The summed E-state index contributed by atoms with van der Waals surface area (Å²) in [6.45, 7) is 7.92. The molecule has 0 aliphatic heterocycles. The number of nitrogens with zero attached hydrogens (tertiary/aromatic N) is 1. The van der Waals surface area contributed by atoms with Gasteiger partial charge in [0.1, 0.15) is 16.0 Å². The van der Waals surface area contributed by atoms with Gasteiger partial charge in [-0.3, -0.25) is 9.59 Å². The van der Waals surface area contributed by atoms with Crippen LogP contribution in [0.5, 0.6) is 11.5 Å². The molecular weight excluding hydrogens is 376 g/mol. The molecule has 0 radical (unpaired) electrons. The van der Waals surface area contributed by atoms with E-state index in [0.29, 0.717) is 28.1 Å². The standard InChI is InChI=1S/C17H25BrN2O4/c1-7-20(10-14(21)19-17(2,3)4)16(22)11-8-12(23-5)15(18)13(9-11)24-6/h8-9H,7,10H2,1-6H3,(H,19,21). The van der Waals surface area contributed by atoms with E-state index in [0.717, 1.165) is 0 Å². The summed E-state index contributed by atoms with van der Waals surface area (Å²) in [5.41, 5.74) is 0.0566. The highest BCUT2D eigenvalue weighted by molar-refractivity contribution is 9.10. The lowest BCUT2D eigenvalue weighted by atomic mass is 10.1. The molecule has 6 nitrogen and oxygen atoms in total. The Morgan fingerprint density at radius 2 is 1.67 bits per heavy atom. The number of ether oxygens (including phenoxy) is 2. The number of carbonyl (C=O) groups is 2. The largest absolute Gasteiger partial charge is 0.495 e. The van der Waals surface area contributed by atoms with Crippen molar-refractivity contribution in [2.75, 3.05) is 27.3 Å². The second-order valence-electron chi connectivity index (χ2n) is 6.31. The van der Waals surface area contributed by atoms with Gasteiger partial charge in [0.25, 0.3) is 5.91 Å². The molecule has 0 heterocycles. The lowest BCUT2D eigenvalue weighted by molar-refractivity contribution is -0.123. The topological polar surface area (TPSA) is 67.9 Å². The quantitative estimate of drug-likeness (QED) is 0.796. The molecule has 0 aromatic heterocycles. The van der Waals surface area contributed by atoms with Gasteiger partial charge < -0.3 is 19.7 Å². The molecule has 1 N–H and O–H groups in total. The molecule has 1 aromatic rings. The summed E-state index contributed by atoms with van der Waals surface area (Å²) in [7, 11) is 3.03. The Bertz CT molecular complexity index is 586. The first-order valence-corrected chi connectivity index (χ1v) is 8.44. The van der Waals surface area contributed by atoms with E-state index in [1.165, 1.54) is 19.1 Å². The van der Waals surface area contributed by atoms with Gasteiger partial charge in [0.05, 0.1) is 20.8 Å². The average molecular weight is 401 g/mol. The number of rotatable bonds is 6. The minimum Gasteiger partial charge on any atom is -0.495 e. The number of amides is 2. The molecule has 24 heavy (non-hydrogen) atoms. The molecule has 0 unspecified atom stereocenters. The predicted octanol–water partition coefficient (Wildman–Crippen LogP) is 2.84. The van der Waals surface area contributed by atoms with Gasteiger partial charge in [-0.1, -0.05) is 0 Å². The molecule has 1 aromatic carbocycles. The number of benzene rings is 1. The van der Waals surface area contributed by atoms with Crippen molar-refractivity contribution in [1.82, 2.24) is 10.2 Å². The highest BCUT2D eigenvalue weighted by Crippen LogP contribution is 2.35. The fourth-order valence-electron chi connectivity index (χ4n) is 2.13. The van der Waals surface area contributed by atoms with Crippen molar-refractivity contribution in [3.8, 4) is 11.5 Å². The van der Waals surface area contributed by atoms with E-state index >= 15 is 0 Å². The summed E-state index contributed by atoms with van der Waals surface area (Å²) >= 11 is 3.37. The fourth-order valence-corrected chi connectivity index (χ4v) is 2.69. The van der Waals surface area contributed by atoms with Crippen molar-refractivity contribution in [3.63, 3.8) is 0 Å². The van der Waals surface area contributed by atoms with Crippen LogP contribution in [-0.2, 0) is 4.79 Å². The minimum atomic E-state index is -0.344. The van der Waals surface area contributed by atoms with Gasteiger partial charge in [-0.15, -0.1) is 0 Å². The van der Waals surface area contributed by atoms with Gasteiger partial charge in [0.2, 0.25) is 5.91 Å². The van der Waals surface area contributed by atoms with Gasteiger partial charge in [-0.25, -0.2) is 0 Å². The molecule has 0 fully saturated rings. The number of methoxy groups -OCH3 is 2. The van der Waals surface area contributed by atoms with Crippen LogP contribution < -0.4 is 14.8 Å².